The fourth-order valence-electron chi connectivity index (χ4n) is 9.28. The minimum Gasteiger partial charge on any atom is -0.476 e. The third-order valence-corrected chi connectivity index (χ3v) is 41.6. The Balaban J connectivity index is 0.000000308. The molecule has 0 spiro atoms. The summed E-state index contributed by atoms with van der Waals surface area (Å²) in [6.45, 7) is 12.3. The second-order valence-electron chi connectivity index (χ2n) is 25.3. The van der Waals surface area contributed by atoms with E-state index in [-0.39, 0.29) is 97.1 Å². The van der Waals surface area contributed by atoms with Crippen molar-refractivity contribution < 1.29 is 101 Å². The number of aromatic nitrogens is 4. The van der Waals surface area contributed by atoms with E-state index in [0.717, 1.165) is 56.3 Å². The van der Waals surface area contributed by atoms with Gasteiger partial charge in [0.2, 0.25) is 36.8 Å². The number of aromatic carboxylic acids is 1. The summed E-state index contributed by atoms with van der Waals surface area (Å²) in [6.07, 6.45) is 4.11. The first-order valence-corrected chi connectivity index (χ1v) is 52.2. The first kappa shape index (κ1) is 102. The standard InChI is InChI=1S/C23H26N3O5PS.C12H11N3O2.C10H14NO6PS.C10H16NO4PS.C10H14NO4PS.C9H12NO4PS/c1-4-32(28,31-3)15-33(29,30)19-11-7-17(8-12-19)13-21(27)22-23(24)25-14-20(26-22)18-9-5-16(2)6-10-18;1-7-2-4-8(5-3-7)9-6-14-11(13)10(15-9)12(16)17;1-3-18(14,17-2)8-19(15,16)10-6-4-9(5-7-10)11(12)13;1-3-16(12,15-2)8-17(13,14)10-6-4-9(11)5-7-10;1-3-16(14,15-2)8-17-10-6-4-9(5-7-10)11(12)13;1-2-15(13,14)7-16-9-5-3-8(4-6-9)10(11)12/h5-12,14H,4,13,15H2,1-3H3,(H2,24,25);2-6H,1H3,(H2,13,14)(H,16,17);4-7H,3,8H2,1-2H3;4-7H,3,8,11H2,1-2H3;4-7H,3,8H2,1-2H3;3-6H,2,7H2,1H3,(H,13,14). The van der Waals surface area contributed by atoms with Gasteiger partial charge in [0.15, 0.2) is 52.6 Å². The summed E-state index contributed by atoms with van der Waals surface area (Å²) in [5.74, 6) is -1.55. The van der Waals surface area contributed by atoms with Gasteiger partial charge in [-0.15, -0.1) is 23.5 Å². The molecule has 45 heteroatoms. The molecule has 2 aromatic heterocycles. The SMILES string of the molecule is CCP(=O)(CS(=O)(=O)c1ccc(CC(=O)c2nc(-c3ccc(C)cc3)cnc2N)cc1)OC.CCP(=O)(CS(=O)(=O)c1ccc(N)cc1)OC.CCP(=O)(CS(=O)(=O)c1ccc([N+](=O)[O-])cc1)OC.CCP(=O)(CSc1ccc([N+](=O)[O-])cc1)OC.CCP(=O)(O)CSc1ccc([N+](=O)[O-])cc1.Cc1ccc(-c2cnc(N)c(C(=O)O)n2)cc1. The van der Waals surface area contributed by atoms with Crippen LogP contribution in [0.25, 0.3) is 22.5 Å². The molecule has 7 aromatic carbocycles. The lowest BCUT2D eigenvalue weighted by Gasteiger charge is -2.14. The van der Waals surface area contributed by atoms with Crippen molar-refractivity contribution in [1.29, 1.82) is 0 Å². The Morgan fingerprint density at radius 2 is 0.739 bits per heavy atom. The number of hydrogen-bond donors (Lipinski definition) is 5. The Kier molecular flexibility index (Phi) is 40.1. The largest absolute Gasteiger partial charge is 0.476 e. The Bertz CT molecular complexity index is 5550. The van der Waals surface area contributed by atoms with Gasteiger partial charge in [0.1, 0.15) is 22.2 Å². The molecule has 9 rings (SSSR count). The number of carbonyl (C=O) groups excluding carboxylic acids is 1. The molecule has 0 aliphatic rings. The Hall–Kier alpha value is -9.06. The highest BCUT2D eigenvalue weighted by molar-refractivity contribution is 8.05. The minimum atomic E-state index is -3.80. The number of nitrogens with zero attached hydrogens (tertiary/aromatic N) is 7. The van der Waals surface area contributed by atoms with Gasteiger partial charge in [0, 0.05) is 129 Å². The van der Waals surface area contributed by atoms with Crippen LogP contribution in [0.5, 0.6) is 0 Å². The van der Waals surface area contributed by atoms with Crippen LogP contribution in [-0.2, 0) is 76.9 Å². The van der Waals surface area contributed by atoms with Crippen molar-refractivity contribution in [3.8, 4) is 22.5 Å². The number of carbonyl (C=O) groups is 2. The van der Waals surface area contributed by atoms with Crippen LogP contribution < -0.4 is 17.2 Å². The molecule has 9 aromatic rings. The third-order valence-electron chi connectivity index (χ3n) is 16.9. The number of anilines is 3. The summed E-state index contributed by atoms with van der Waals surface area (Å²) in [5.41, 5.74) is 21.4. The average Bonchev–Trinajstić information content (AvgIpc) is 0.827. The fraction of sp³-hybridized carbons (Fsp3) is 0.297. The van der Waals surface area contributed by atoms with E-state index in [1.807, 2.05) is 69.3 Å². The highest BCUT2D eigenvalue weighted by Gasteiger charge is 2.32. The molecule has 0 fully saturated rings. The highest BCUT2D eigenvalue weighted by atomic mass is 32.2. The van der Waals surface area contributed by atoms with Crippen molar-refractivity contribution in [2.24, 2.45) is 0 Å². The normalized spacial score (nSPS) is 13.7. The lowest BCUT2D eigenvalue weighted by molar-refractivity contribution is -0.385. The summed E-state index contributed by atoms with van der Waals surface area (Å²) in [4.78, 5) is 80.8. The number of Topliss-reactive ketones (excluding diaryl/α,β-unsaturated/α-hetero) is 1. The van der Waals surface area contributed by atoms with Gasteiger partial charge in [-0.05, 0) is 92.2 Å². The lowest BCUT2D eigenvalue weighted by Crippen LogP contribution is -2.12. The van der Waals surface area contributed by atoms with Crippen molar-refractivity contribution in [3.63, 3.8) is 0 Å². The molecule has 0 aliphatic heterocycles. The van der Waals surface area contributed by atoms with Crippen LogP contribution in [0.15, 0.2) is 207 Å². The number of carboxylic acid groups (broad SMARTS) is 1. The maximum Gasteiger partial charge on any atom is 0.358 e. The lowest BCUT2D eigenvalue weighted by atomic mass is 10.1. The van der Waals surface area contributed by atoms with Crippen molar-refractivity contribution in [2.45, 2.75) is 79.4 Å². The van der Waals surface area contributed by atoms with Crippen LogP contribution in [0.2, 0.25) is 0 Å². The molecule has 0 radical (unpaired) electrons. The number of carboxylic acids is 1. The number of nitro benzene ring substituents is 3. The quantitative estimate of drug-likeness (QED) is 0.00637. The van der Waals surface area contributed by atoms with Crippen molar-refractivity contribution >= 4 is 136 Å². The highest BCUT2D eigenvalue weighted by Crippen LogP contribution is 2.52. The number of thioether (sulfide) groups is 2. The van der Waals surface area contributed by atoms with E-state index in [1.165, 1.54) is 125 Å². The number of benzene rings is 7. The molecule has 0 saturated carbocycles. The van der Waals surface area contributed by atoms with E-state index in [1.54, 1.807) is 64.1 Å². The maximum absolute atomic E-state index is 12.9. The van der Waals surface area contributed by atoms with Crippen LogP contribution in [0, 0.1) is 44.2 Å². The first-order valence-electron chi connectivity index (χ1n) is 35.3. The molecule has 119 heavy (non-hydrogen) atoms. The molecule has 5 unspecified atom stereocenters. The van der Waals surface area contributed by atoms with Gasteiger partial charge in [-0.3, -0.25) is 58.0 Å². The van der Waals surface area contributed by atoms with Gasteiger partial charge in [-0.25, -0.2) is 50.0 Å². The van der Waals surface area contributed by atoms with E-state index >= 15 is 0 Å². The summed E-state index contributed by atoms with van der Waals surface area (Å²) < 4.78 is 152. The zero-order valence-corrected chi connectivity index (χ0v) is 75.1. The molecule has 644 valence electrons. The molecule has 8 N–H and O–H groups in total. The molecule has 0 bridgehead atoms. The third kappa shape index (κ3) is 33.1. The molecule has 0 saturated heterocycles. The molecular weight excluding hydrogens is 1740 g/mol. The molecule has 0 aliphatic carbocycles. The molecule has 5 atom stereocenters. The second kappa shape index (κ2) is 46.7. The zero-order chi connectivity index (χ0) is 89.5. The summed E-state index contributed by atoms with van der Waals surface area (Å²) in [7, 11) is -21.2. The van der Waals surface area contributed by atoms with E-state index < -0.39 is 104 Å². The predicted molar refractivity (Wildman–Crippen MR) is 463 cm³/mol. The minimum absolute atomic E-state index is 0.0186. The molecular formula is C74H93N10O25P5S5. The van der Waals surface area contributed by atoms with Crippen molar-refractivity contribution in [3.05, 3.63) is 241 Å². The number of hydrogen-bond acceptors (Lipinski definition) is 32. The fourth-order valence-corrected chi connectivity index (χ4v) is 28.8. The van der Waals surface area contributed by atoms with Crippen LogP contribution in [0.1, 0.15) is 72.3 Å². The summed E-state index contributed by atoms with van der Waals surface area (Å²) >= 11 is 2.62. The topological polar surface area (TPSA) is 558 Å². The van der Waals surface area contributed by atoms with Crippen LogP contribution in [0.4, 0.5) is 34.4 Å². The van der Waals surface area contributed by atoms with Gasteiger partial charge in [-0.2, -0.15) is 0 Å². The number of ketones is 1. The number of sulfone groups is 3. The van der Waals surface area contributed by atoms with Gasteiger partial charge in [0.25, 0.3) is 17.1 Å². The van der Waals surface area contributed by atoms with E-state index in [0.29, 0.717) is 34.3 Å². The average molecular weight is 1840 g/mol. The number of nitrogens with two attached hydrogens (primary N) is 3. The molecule has 2 heterocycles. The number of rotatable bonds is 33. The Morgan fingerprint density at radius 3 is 1.05 bits per heavy atom. The number of non-ortho nitro benzene ring substituents is 3. The van der Waals surface area contributed by atoms with Crippen molar-refractivity contribution in [2.75, 3.05) is 104 Å². The van der Waals surface area contributed by atoms with E-state index in [4.69, 9.17) is 40.4 Å². The Labute approximate surface area is 698 Å². The van der Waals surface area contributed by atoms with E-state index in [9.17, 15) is 92.9 Å². The van der Waals surface area contributed by atoms with Crippen LogP contribution in [0.3, 0.4) is 0 Å². The van der Waals surface area contributed by atoms with Crippen LogP contribution in [-0.4, -0.2) is 168 Å². The number of nitro groups is 3. The predicted octanol–water partition coefficient (Wildman–Crippen LogP) is 16.6. The second-order valence-corrected chi connectivity index (χ2v) is 49.9. The van der Waals surface area contributed by atoms with Gasteiger partial charge >= 0.3 is 5.97 Å². The number of nitrogen functional groups attached to an aromatic ring is 3. The summed E-state index contributed by atoms with van der Waals surface area (Å²) in [5, 5.41) is 40.2. The monoisotopic (exact) mass is 1840 g/mol. The van der Waals surface area contributed by atoms with Crippen LogP contribution >= 0.6 is 60.4 Å². The first-order chi connectivity index (χ1) is 55.7. The van der Waals surface area contributed by atoms with Gasteiger partial charge < -0.3 is 45.3 Å². The van der Waals surface area contributed by atoms with E-state index in [2.05, 4.69) is 19.9 Å². The molecule has 0 amide bonds. The zero-order valence-electron chi connectivity index (χ0n) is 66.5. The van der Waals surface area contributed by atoms with Gasteiger partial charge in [0.05, 0.1) is 64.2 Å². The van der Waals surface area contributed by atoms with Gasteiger partial charge in [-0.1, -0.05) is 106 Å². The molecule has 35 nitrogen and oxygen atoms in total. The Morgan fingerprint density at radius 1 is 0.437 bits per heavy atom. The van der Waals surface area contributed by atoms with Crippen molar-refractivity contribution in [1.82, 2.24) is 19.9 Å². The summed E-state index contributed by atoms with van der Waals surface area (Å²) in [6, 6.07) is 43.5. The smallest absolute Gasteiger partial charge is 0.358 e. The maximum atomic E-state index is 12.9. The number of aryl methyl sites for hydroxylation is 2.